The topological polar surface area (TPSA) is 95.9 Å². The van der Waals surface area contributed by atoms with Crippen molar-refractivity contribution >= 4 is 34.2 Å². The highest BCUT2D eigenvalue weighted by molar-refractivity contribution is 7.14. The lowest BCUT2D eigenvalue weighted by molar-refractivity contribution is -0.140. The molecule has 0 unspecified atom stereocenters. The molecule has 0 aliphatic carbocycles. The van der Waals surface area contributed by atoms with Crippen LogP contribution in [0.4, 0.5) is 10.9 Å². The van der Waals surface area contributed by atoms with Gasteiger partial charge in [-0.2, -0.15) is 0 Å². The Kier molecular flexibility index (Phi) is 8.29. The molecule has 9 heteroatoms. The maximum absolute atomic E-state index is 13.4. The third-order valence-electron chi connectivity index (χ3n) is 6.80. The van der Waals surface area contributed by atoms with Gasteiger partial charge in [-0.1, -0.05) is 54.6 Å². The van der Waals surface area contributed by atoms with Crippen molar-refractivity contribution in [1.82, 2.24) is 9.97 Å². The van der Waals surface area contributed by atoms with Gasteiger partial charge >= 0.3 is 5.97 Å². The van der Waals surface area contributed by atoms with Crippen LogP contribution >= 0.6 is 11.3 Å². The minimum atomic E-state index is -1.00. The van der Waals surface area contributed by atoms with Crippen LogP contribution in [0.2, 0.25) is 0 Å². The Bertz CT molecular complexity index is 1420. The first-order valence-electron chi connectivity index (χ1n) is 12.9. The molecule has 8 nitrogen and oxygen atoms in total. The number of amides is 1. The molecule has 1 N–H and O–H groups in total. The summed E-state index contributed by atoms with van der Waals surface area (Å²) in [6.07, 6.45) is 1.99. The standard InChI is InChI=1S/C30H30N4O4S/c1-33(29(37)23(18-28(35)36)17-21-7-3-2-4-8-21)30-32-26(20-39-30)25-10-6-5-9-24(25)22-11-12-27(31-19-22)34-13-15-38-16-14-34/h2-12,19-20,23H,13-18H2,1H3,(H,35,36)/t23-/m1/s1. The Labute approximate surface area is 231 Å². The van der Waals surface area contributed by atoms with Crippen molar-refractivity contribution in [1.29, 1.82) is 0 Å². The van der Waals surface area contributed by atoms with Gasteiger partial charge < -0.3 is 14.7 Å². The van der Waals surface area contributed by atoms with Gasteiger partial charge in [0, 0.05) is 42.8 Å². The Balaban J connectivity index is 1.36. The molecule has 2 aromatic heterocycles. The number of carbonyl (C=O) groups is 2. The summed E-state index contributed by atoms with van der Waals surface area (Å²) < 4.78 is 5.44. The molecule has 4 aromatic rings. The molecule has 5 rings (SSSR count). The lowest BCUT2D eigenvalue weighted by atomic mass is 9.95. The van der Waals surface area contributed by atoms with Crippen LogP contribution in [-0.4, -0.2) is 60.3 Å². The predicted molar refractivity (Wildman–Crippen MR) is 153 cm³/mol. The lowest BCUT2D eigenvalue weighted by Gasteiger charge is -2.27. The van der Waals surface area contributed by atoms with E-state index in [1.165, 1.54) is 16.2 Å². The van der Waals surface area contributed by atoms with Crippen molar-refractivity contribution < 1.29 is 19.4 Å². The smallest absolute Gasteiger partial charge is 0.304 e. The summed E-state index contributed by atoms with van der Waals surface area (Å²) in [5.74, 6) is -1.02. The molecule has 1 atom stereocenters. The maximum Gasteiger partial charge on any atom is 0.304 e. The van der Waals surface area contributed by atoms with Crippen molar-refractivity contribution in [3.8, 4) is 22.4 Å². The van der Waals surface area contributed by atoms with Crippen molar-refractivity contribution in [3.63, 3.8) is 0 Å². The molecule has 3 heterocycles. The number of hydrogen-bond donors (Lipinski definition) is 1. The summed E-state index contributed by atoms with van der Waals surface area (Å²) in [6, 6.07) is 21.6. The zero-order valence-electron chi connectivity index (χ0n) is 21.7. The van der Waals surface area contributed by atoms with Crippen LogP contribution in [-0.2, 0) is 20.7 Å². The van der Waals surface area contributed by atoms with Gasteiger partial charge in [0.05, 0.1) is 31.2 Å². The Morgan fingerprint density at radius 3 is 2.44 bits per heavy atom. The third-order valence-corrected chi connectivity index (χ3v) is 7.72. The summed E-state index contributed by atoms with van der Waals surface area (Å²) in [4.78, 5) is 38.1. The molecule has 0 bridgehead atoms. The number of nitrogens with zero attached hydrogens (tertiary/aromatic N) is 4. The molecule has 1 saturated heterocycles. The van der Waals surface area contributed by atoms with Crippen LogP contribution in [0.5, 0.6) is 0 Å². The number of aliphatic carboxylic acids is 1. The molecule has 0 spiro atoms. The van der Waals surface area contributed by atoms with Gasteiger partial charge in [-0.3, -0.25) is 14.5 Å². The Morgan fingerprint density at radius 2 is 1.74 bits per heavy atom. The second kappa shape index (κ2) is 12.2. The van der Waals surface area contributed by atoms with E-state index in [4.69, 9.17) is 14.7 Å². The number of rotatable bonds is 9. The highest BCUT2D eigenvalue weighted by atomic mass is 32.1. The third kappa shape index (κ3) is 6.32. The fraction of sp³-hybridized carbons (Fsp3) is 0.267. The number of carbonyl (C=O) groups excluding carboxylic acids is 1. The number of aromatic nitrogens is 2. The van der Waals surface area contributed by atoms with Gasteiger partial charge in [-0.25, -0.2) is 9.97 Å². The van der Waals surface area contributed by atoms with E-state index < -0.39 is 11.9 Å². The molecule has 0 saturated carbocycles. The van der Waals surface area contributed by atoms with Gasteiger partial charge in [0.15, 0.2) is 5.13 Å². The van der Waals surface area contributed by atoms with Crippen LogP contribution in [0.1, 0.15) is 12.0 Å². The minimum Gasteiger partial charge on any atom is -0.481 e. The van der Waals surface area contributed by atoms with Crippen molar-refractivity contribution in [2.24, 2.45) is 5.92 Å². The molecule has 200 valence electrons. The number of carboxylic acids is 1. The second-order valence-corrected chi connectivity index (χ2v) is 10.3. The van der Waals surface area contributed by atoms with Gasteiger partial charge in [0.2, 0.25) is 5.91 Å². The van der Waals surface area contributed by atoms with Gasteiger partial charge in [-0.15, -0.1) is 11.3 Å². The number of anilines is 2. The molecule has 39 heavy (non-hydrogen) atoms. The normalized spacial score (nSPS) is 14.1. The fourth-order valence-electron chi connectivity index (χ4n) is 4.75. The molecule has 1 aliphatic heterocycles. The van der Waals surface area contributed by atoms with E-state index in [0.717, 1.165) is 46.9 Å². The largest absolute Gasteiger partial charge is 0.481 e. The monoisotopic (exact) mass is 542 g/mol. The highest BCUT2D eigenvalue weighted by Gasteiger charge is 2.27. The number of morpholine rings is 1. The van der Waals surface area contributed by atoms with Crippen LogP contribution in [0.15, 0.2) is 78.3 Å². The number of ether oxygens (including phenoxy) is 1. The lowest BCUT2D eigenvalue weighted by Crippen LogP contribution is -2.36. The number of carboxylic acid groups (broad SMARTS) is 1. The zero-order chi connectivity index (χ0) is 27.2. The quantitative estimate of drug-likeness (QED) is 0.318. The second-order valence-electron chi connectivity index (χ2n) is 9.45. The van der Waals surface area contributed by atoms with Crippen molar-refractivity contribution in [3.05, 3.63) is 83.9 Å². The Hall–Kier alpha value is -4.08. The Morgan fingerprint density at radius 1 is 1.03 bits per heavy atom. The average Bonchev–Trinajstić information content (AvgIpc) is 3.47. The first-order chi connectivity index (χ1) is 19.0. The summed E-state index contributed by atoms with van der Waals surface area (Å²) in [7, 11) is 1.66. The fourth-order valence-corrected chi connectivity index (χ4v) is 5.55. The number of thiazole rings is 1. The molecular weight excluding hydrogens is 512 g/mol. The van der Waals surface area contributed by atoms with Crippen molar-refractivity contribution in [2.75, 3.05) is 43.2 Å². The zero-order valence-corrected chi connectivity index (χ0v) is 22.5. The van der Waals surface area contributed by atoms with E-state index in [9.17, 15) is 14.7 Å². The van der Waals surface area contributed by atoms with Gasteiger partial charge in [-0.05, 0) is 29.7 Å². The van der Waals surface area contributed by atoms with Crippen LogP contribution in [0.25, 0.3) is 22.4 Å². The van der Waals surface area contributed by atoms with E-state index >= 15 is 0 Å². The molecule has 1 fully saturated rings. The summed E-state index contributed by atoms with van der Waals surface area (Å²) in [6.45, 7) is 3.07. The molecule has 2 aromatic carbocycles. The number of pyridine rings is 1. The van der Waals surface area contributed by atoms with E-state index in [1.807, 2.05) is 72.2 Å². The summed E-state index contributed by atoms with van der Waals surface area (Å²) >= 11 is 1.36. The molecule has 0 radical (unpaired) electrons. The number of benzene rings is 2. The molecular formula is C30H30N4O4S. The first-order valence-corrected chi connectivity index (χ1v) is 13.7. The SMILES string of the molecule is CN(C(=O)[C@@H](CC(=O)O)Cc1ccccc1)c1nc(-c2ccccc2-c2ccc(N3CCOCC3)nc2)cs1. The van der Waals surface area contributed by atoms with E-state index in [-0.39, 0.29) is 12.3 Å². The highest BCUT2D eigenvalue weighted by Crippen LogP contribution is 2.35. The van der Waals surface area contributed by atoms with E-state index in [1.54, 1.807) is 7.05 Å². The molecule has 1 amide bonds. The minimum absolute atomic E-state index is 0.243. The summed E-state index contributed by atoms with van der Waals surface area (Å²) in [5.41, 5.74) is 4.59. The average molecular weight is 543 g/mol. The van der Waals surface area contributed by atoms with Gasteiger partial charge in [0.25, 0.3) is 0 Å². The van der Waals surface area contributed by atoms with E-state index in [2.05, 4.69) is 11.0 Å². The molecule has 1 aliphatic rings. The predicted octanol–water partition coefficient (Wildman–Crippen LogP) is 5.01. The van der Waals surface area contributed by atoms with E-state index in [0.29, 0.717) is 24.8 Å². The maximum atomic E-state index is 13.4. The first kappa shape index (κ1) is 26.5. The van der Waals surface area contributed by atoms with Crippen LogP contribution < -0.4 is 9.80 Å². The van der Waals surface area contributed by atoms with Crippen LogP contribution in [0.3, 0.4) is 0 Å². The number of hydrogen-bond acceptors (Lipinski definition) is 7. The summed E-state index contributed by atoms with van der Waals surface area (Å²) in [5, 5.41) is 11.9. The van der Waals surface area contributed by atoms with Crippen molar-refractivity contribution in [2.45, 2.75) is 12.8 Å². The van der Waals surface area contributed by atoms with Crippen LogP contribution in [0, 0.1) is 5.92 Å². The van der Waals surface area contributed by atoms with Gasteiger partial charge in [0.1, 0.15) is 5.82 Å².